The van der Waals surface area contributed by atoms with Crippen LogP contribution in [0.4, 0.5) is 5.69 Å². The topological polar surface area (TPSA) is 98.6 Å². The smallest absolute Gasteiger partial charge is 0.251 e. The molecule has 1 saturated carbocycles. The predicted molar refractivity (Wildman–Crippen MR) is 146 cm³/mol. The van der Waals surface area contributed by atoms with Crippen LogP contribution in [-0.4, -0.2) is 53.5 Å². The molecule has 1 aliphatic carbocycles. The van der Waals surface area contributed by atoms with Crippen LogP contribution in [-0.2, 0) is 19.7 Å². The van der Waals surface area contributed by atoms with Gasteiger partial charge in [-0.1, -0.05) is 58.2 Å². The van der Waals surface area contributed by atoms with Crippen molar-refractivity contribution in [2.75, 3.05) is 18.6 Å². The third-order valence-corrected chi connectivity index (χ3v) is 7.72. The summed E-state index contributed by atoms with van der Waals surface area (Å²) in [5.41, 5.74) is 2.29. The molecule has 1 saturated heterocycles. The molecule has 2 aliphatic rings. The van der Waals surface area contributed by atoms with Crippen LogP contribution in [0.25, 0.3) is 0 Å². The predicted octanol–water partition coefficient (Wildman–Crippen LogP) is 4.47. The van der Waals surface area contributed by atoms with Gasteiger partial charge in [0.15, 0.2) is 6.19 Å². The first-order valence-electron chi connectivity index (χ1n) is 13.6. The molecule has 0 spiro atoms. The molecule has 0 radical (unpaired) electrons. The zero-order chi connectivity index (χ0) is 27.3. The van der Waals surface area contributed by atoms with Gasteiger partial charge in [0.05, 0.1) is 12.6 Å². The van der Waals surface area contributed by atoms with E-state index in [2.05, 4.69) is 37.3 Å². The molecule has 1 aliphatic heterocycles. The highest BCUT2D eigenvalue weighted by Crippen LogP contribution is 2.34. The van der Waals surface area contributed by atoms with Crippen molar-refractivity contribution in [2.45, 2.75) is 88.9 Å². The summed E-state index contributed by atoms with van der Waals surface area (Å²) < 4.78 is 5.50. The number of ether oxygens (including phenoxy) is 1. The van der Waals surface area contributed by atoms with Crippen molar-refractivity contribution >= 4 is 17.5 Å². The van der Waals surface area contributed by atoms with Crippen LogP contribution in [0.15, 0.2) is 48.8 Å². The first-order valence-corrected chi connectivity index (χ1v) is 13.6. The van der Waals surface area contributed by atoms with Gasteiger partial charge in [-0.3, -0.25) is 24.4 Å². The average molecular weight is 518 g/mol. The molecular formula is C30H39N5O3. The first-order chi connectivity index (χ1) is 18.2. The molecule has 1 unspecified atom stereocenters. The average Bonchev–Trinajstić information content (AvgIpc) is 3.36. The highest BCUT2D eigenvalue weighted by Gasteiger charge is 2.43. The maximum Gasteiger partial charge on any atom is 0.251 e. The summed E-state index contributed by atoms with van der Waals surface area (Å²) in [4.78, 5) is 35.7. The number of aromatic nitrogens is 1. The van der Waals surface area contributed by atoms with Gasteiger partial charge in [-0.2, -0.15) is 5.26 Å². The largest absolute Gasteiger partial charge is 0.379 e. The standard InChI is InChI=1S/C30H39N5O3/c1-30(2,3)22-12-14-24(15-13-22)35(29(37)26-17-25(38-4)19-34(26)20-31)27(21-9-8-16-32-18-21)28(36)33-23-10-6-5-7-11-23/h8-9,12-16,18,23,25-27H,5-7,10-11,17,19H2,1-4H3,(H,33,36)/t25-,26-,27?/m1/s1. The first kappa shape index (κ1) is 27.6. The van der Waals surface area contributed by atoms with E-state index in [-0.39, 0.29) is 29.4 Å². The number of hydrogen-bond donors (Lipinski definition) is 1. The number of rotatable bonds is 7. The van der Waals surface area contributed by atoms with E-state index < -0.39 is 12.1 Å². The molecule has 2 fully saturated rings. The number of nitriles is 1. The van der Waals surface area contributed by atoms with E-state index in [4.69, 9.17) is 4.74 Å². The molecule has 2 heterocycles. The van der Waals surface area contributed by atoms with Gasteiger partial charge in [0, 0.05) is 43.2 Å². The maximum atomic E-state index is 14.3. The Morgan fingerprint density at radius 2 is 1.87 bits per heavy atom. The Labute approximate surface area is 226 Å². The van der Waals surface area contributed by atoms with Gasteiger partial charge in [-0.05, 0) is 42.0 Å². The number of carbonyl (C=O) groups excluding carboxylic acids is 2. The van der Waals surface area contributed by atoms with Crippen LogP contribution in [0, 0.1) is 11.5 Å². The SMILES string of the molecule is CO[C@@H]1C[C@H](C(=O)N(c2ccc(C(C)(C)C)cc2)C(C(=O)NC2CCCCC2)c2cccnc2)N(C#N)C1. The number of nitrogens with one attached hydrogen (secondary N) is 1. The van der Waals surface area contributed by atoms with Crippen molar-refractivity contribution in [3.63, 3.8) is 0 Å². The van der Waals surface area contributed by atoms with E-state index >= 15 is 0 Å². The number of nitrogens with zero attached hydrogens (tertiary/aromatic N) is 4. The lowest BCUT2D eigenvalue weighted by molar-refractivity contribution is -0.128. The Morgan fingerprint density at radius 1 is 1.16 bits per heavy atom. The van der Waals surface area contributed by atoms with Gasteiger partial charge >= 0.3 is 0 Å². The molecule has 0 bridgehead atoms. The third kappa shape index (κ3) is 6.16. The number of pyridine rings is 1. The molecule has 2 amide bonds. The van der Waals surface area contributed by atoms with Crippen LogP contribution in [0.3, 0.4) is 0 Å². The summed E-state index contributed by atoms with van der Waals surface area (Å²) in [7, 11) is 1.59. The fraction of sp³-hybridized carbons (Fsp3) is 0.533. The van der Waals surface area contributed by atoms with E-state index in [1.807, 2.05) is 30.3 Å². The van der Waals surface area contributed by atoms with E-state index in [0.717, 1.165) is 31.2 Å². The third-order valence-electron chi connectivity index (χ3n) is 7.72. The Morgan fingerprint density at radius 3 is 2.45 bits per heavy atom. The second kappa shape index (κ2) is 12.0. The van der Waals surface area contributed by atoms with Crippen molar-refractivity contribution in [1.29, 1.82) is 5.26 Å². The van der Waals surface area contributed by atoms with Gasteiger partial charge in [-0.25, -0.2) is 0 Å². The number of carbonyl (C=O) groups is 2. The lowest BCUT2D eigenvalue weighted by Crippen LogP contribution is -2.51. The van der Waals surface area contributed by atoms with Crippen molar-refractivity contribution < 1.29 is 14.3 Å². The van der Waals surface area contributed by atoms with E-state index in [0.29, 0.717) is 24.2 Å². The summed E-state index contributed by atoms with van der Waals surface area (Å²) in [6.45, 7) is 6.74. The lowest BCUT2D eigenvalue weighted by Gasteiger charge is -2.35. The zero-order valence-corrected chi connectivity index (χ0v) is 22.9. The second-order valence-electron chi connectivity index (χ2n) is 11.4. The number of anilines is 1. The van der Waals surface area contributed by atoms with Gasteiger partial charge in [0.1, 0.15) is 12.1 Å². The maximum absolute atomic E-state index is 14.3. The van der Waals surface area contributed by atoms with Crippen molar-refractivity contribution in [1.82, 2.24) is 15.2 Å². The molecule has 3 atom stereocenters. The van der Waals surface area contributed by atoms with Crippen molar-refractivity contribution in [2.24, 2.45) is 0 Å². The molecule has 202 valence electrons. The van der Waals surface area contributed by atoms with Gasteiger partial charge in [-0.15, -0.1) is 0 Å². The molecule has 1 aromatic heterocycles. The van der Waals surface area contributed by atoms with Crippen molar-refractivity contribution in [3.8, 4) is 6.19 Å². The Kier molecular flexibility index (Phi) is 8.68. The summed E-state index contributed by atoms with van der Waals surface area (Å²) in [6, 6.07) is 9.83. The molecule has 8 nitrogen and oxygen atoms in total. The summed E-state index contributed by atoms with van der Waals surface area (Å²) in [5, 5.41) is 13.0. The van der Waals surface area contributed by atoms with Crippen LogP contribution in [0.5, 0.6) is 0 Å². The van der Waals surface area contributed by atoms with E-state index in [1.54, 1.807) is 30.5 Å². The minimum atomic E-state index is -0.930. The quantitative estimate of drug-likeness (QED) is 0.544. The Bertz CT molecular complexity index is 1130. The van der Waals surface area contributed by atoms with Crippen LogP contribution in [0.2, 0.25) is 0 Å². The minimum Gasteiger partial charge on any atom is -0.379 e. The highest BCUT2D eigenvalue weighted by atomic mass is 16.5. The fourth-order valence-electron chi connectivity index (χ4n) is 5.48. The van der Waals surface area contributed by atoms with E-state index in [1.165, 1.54) is 11.3 Å². The molecular weight excluding hydrogens is 478 g/mol. The number of hydrogen-bond acceptors (Lipinski definition) is 6. The van der Waals surface area contributed by atoms with Gasteiger partial charge < -0.3 is 10.1 Å². The summed E-state index contributed by atoms with van der Waals surface area (Å²) in [5.74, 6) is -0.537. The fourth-order valence-corrected chi connectivity index (χ4v) is 5.48. The number of methoxy groups -OCH3 is 1. The molecule has 1 aromatic carbocycles. The van der Waals surface area contributed by atoms with Crippen molar-refractivity contribution in [3.05, 3.63) is 59.9 Å². The number of likely N-dealkylation sites (tertiary alicyclic amines) is 1. The van der Waals surface area contributed by atoms with Gasteiger partial charge in [0.2, 0.25) is 5.91 Å². The van der Waals surface area contributed by atoms with Crippen LogP contribution < -0.4 is 10.2 Å². The zero-order valence-electron chi connectivity index (χ0n) is 22.9. The minimum absolute atomic E-state index is 0.0662. The summed E-state index contributed by atoms with van der Waals surface area (Å²) >= 11 is 0. The molecule has 8 heteroatoms. The number of benzene rings is 1. The molecule has 38 heavy (non-hydrogen) atoms. The highest BCUT2D eigenvalue weighted by molar-refractivity contribution is 6.04. The molecule has 2 aromatic rings. The lowest BCUT2D eigenvalue weighted by atomic mass is 9.87. The number of amides is 2. The Hall–Kier alpha value is -3.44. The van der Waals surface area contributed by atoms with E-state index in [9.17, 15) is 14.9 Å². The van der Waals surface area contributed by atoms with Crippen LogP contribution >= 0.6 is 0 Å². The molecule has 1 N–H and O–H groups in total. The Balaban J connectivity index is 1.78. The molecule has 4 rings (SSSR count). The normalized spacial score (nSPS) is 21.0. The van der Waals surface area contributed by atoms with Crippen LogP contribution in [0.1, 0.15) is 76.5 Å². The monoisotopic (exact) mass is 517 g/mol. The second-order valence-corrected chi connectivity index (χ2v) is 11.4. The van der Waals surface area contributed by atoms with Gasteiger partial charge in [0.25, 0.3) is 5.91 Å². The summed E-state index contributed by atoms with van der Waals surface area (Å²) in [6.07, 6.45) is 10.8.